The van der Waals surface area contributed by atoms with Crippen molar-refractivity contribution in [1.82, 2.24) is 19.6 Å². The van der Waals surface area contributed by atoms with Crippen LogP contribution in [0.3, 0.4) is 0 Å². The summed E-state index contributed by atoms with van der Waals surface area (Å²) < 4.78 is 34.1. The third kappa shape index (κ3) is 3.29. The molecular formula is C14H13Cl2F2N5O. The minimum atomic E-state index is -1.07. The van der Waals surface area contributed by atoms with Gasteiger partial charge in [-0.25, -0.2) is 18.3 Å². The molecule has 3 aromatic heterocycles. The summed E-state index contributed by atoms with van der Waals surface area (Å²) in [6, 6.07) is 0. The molecule has 3 heterocycles. The molecule has 0 aliphatic carbocycles. The lowest BCUT2D eigenvalue weighted by molar-refractivity contribution is 0.340. The van der Waals surface area contributed by atoms with Crippen LogP contribution in [-0.4, -0.2) is 25.8 Å². The van der Waals surface area contributed by atoms with E-state index in [1.807, 2.05) is 0 Å². The van der Waals surface area contributed by atoms with Crippen LogP contribution in [0.5, 0.6) is 0 Å². The zero-order valence-corrected chi connectivity index (χ0v) is 14.1. The molecule has 0 amide bonds. The Morgan fingerprint density at radius 3 is 2.88 bits per heavy atom. The number of alkyl halides is 1. The first-order valence-corrected chi connectivity index (χ1v) is 7.91. The van der Waals surface area contributed by atoms with Crippen LogP contribution in [-0.2, 0) is 13.0 Å². The molecule has 1 atom stereocenters. The molecule has 24 heavy (non-hydrogen) atoms. The van der Waals surface area contributed by atoms with E-state index in [4.69, 9.17) is 27.6 Å². The second kappa shape index (κ2) is 6.90. The fraction of sp³-hybridized carbons (Fsp3) is 0.357. The van der Waals surface area contributed by atoms with Crippen LogP contribution in [0, 0.1) is 5.82 Å². The van der Waals surface area contributed by atoms with E-state index in [9.17, 15) is 8.78 Å². The number of oxazole rings is 1. The molecule has 0 saturated carbocycles. The maximum Gasteiger partial charge on any atom is 0.243 e. The molecular weight excluding hydrogens is 363 g/mol. The number of halogens is 4. The van der Waals surface area contributed by atoms with Gasteiger partial charge in [0.1, 0.15) is 16.9 Å². The number of nitrogens with zero attached hydrogens (tertiary/aromatic N) is 4. The Balaban J connectivity index is 2.00. The lowest BCUT2D eigenvalue weighted by Gasteiger charge is -2.06. The van der Waals surface area contributed by atoms with Crippen LogP contribution >= 0.6 is 23.2 Å². The monoisotopic (exact) mass is 375 g/mol. The molecule has 0 spiro atoms. The van der Waals surface area contributed by atoms with Crippen LogP contribution < -0.4 is 5.32 Å². The van der Waals surface area contributed by atoms with Crippen LogP contribution in [0.15, 0.2) is 16.9 Å². The molecule has 0 aromatic carbocycles. The zero-order chi connectivity index (χ0) is 17.3. The lowest BCUT2D eigenvalue weighted by Crippen LogP contribution is -2.06. The first-order chi connectivity index (χ1) is 11.5. The summed E-state index contributed by atoms with van der Waals surface area (Å²) in [6.07, 6.45) is 2.13. The van der Waals surface area contributed by atoms with Gasteiger partial charge in [-0.2, -0.15) is 4.98 Å². The maximum absolute atomic E-state index is 14.8. The number of nitrogens with one attached hydrogen (secondary N) is 1. The Labute approximate surface area is 145 Å². The van der Waals surface area contributed by atoms with E-state index in [1.54, 1.807) is 0 Å². The highest BCUT2D eigenvalue weighted by atomic mass is 35.5. The first kappa shape index (κ1) is 16.9. The fourth-order valence-corrected chi connectivity index (χ4v) is 2.74. The minimum Gasteiger partial charge on any atom is -0.447 e. The van der Waals surface area contributed by atoms with E-state index in [1.165, 1.54) is 19.4 Å². The zero-order valence-electron chi connectivity index (χ0n) is 12.6. The van der Waals surface area contributed by atoms with Crippen molar-refractivity contribution in [2.24, 2.45) is 0 Å². The molecule has 0 saturated heterocycles. The standard InChI is InChI=1S/C14H13Cl2F2N5O/c1-7(17)2-3-8-10(18)11-13(20-6-9-19-4-5-24-9)21-14(16)22-23(11)12(8)15/h4-5,7H,2-3,6H2,1H3,(H,20,21,22). The maximum atomic E-state index is 14.8. The SMILES string of the molecule is CC(F)CCc1c(F)c2c(NCc3ncco3)nc(Cl)nn2c1Cl. The summed E-state index contributed by atoms with van der Waals surface area (Å²) in [5.74, 6) is -0.0632. The molecule has 6 nitrogen and oxygen atoms in total. The van der Waals surface area contributed by atoms with Gasteiger partial charge in [-0.3, -0.25) is 0 Å². The Bertz CT molecular complexity index is 851. The van der Waals surface area contributed by atoms with Gasteiger partial charge in [-0.15, -0.1) is 5.10 Å². The number of rotatable bonds is 6. The number of hydrogen-bond donors (Lipinski definition) is 1. The highest BCUT2D eigenvalue weighted by molar-refractivity contribution is 6.31. The molecule has 3 rings (SSSR count). The minimum absolute atomic E-state index is 0.0393. The van der Waals surface area contributed by atoms with E-state index in [0.29, 0.717) is 5.89 Å². The largest absolute Gasteiger partial charge is 0.447 e. The van der Waals surface area contributed by atoms with Crippen molar-refractivity contribution in [2.45, 2.75) is 32.5 Å². The van der Waals surface area contributed by atoms with E-state index < -0.39 is 12.0 Å². The fourth-order valence-electron chi connectivity index (χ4n) is 2.28. The number of aromatic nitrogens is 4. The third-order valence-corrected chi connectivity index (χ3v) is 3.96. The highest BCUT2D eigenvalue weighted by Crippen LogP contribution is 2.31. The van der Waals surface area contributed by atoms with Gasteiger partial charge in [0, 0.05) is 5.56 Å². The van der Waals surface area contributed by atoms with Crippen LogP contribution in [0.4, 0.5) is 14.6 Å². The van der Waals surface area contributed by atoms with Crippen molar-refractivity contribution in [1.29, 1.82) is 0 Å². The van der Waals surface area contributed by atoms with Gasteiger partial charge in [-0.1, -0.05) is 11.6 Å². The quantitative estimate of drug-likeness (QED) is 0.703. The lowest BCUT2D eigenvalue weighted by atomic mass is 10.1. The number of hydrogen-bond acceptors (Lipinski definition) is 5. The molecule has 1 N–H and O–H groups in total. The molecule has 0 radical (unpaired) electrons. The number of anilines is 1. The van der Waals surface area contributed by atoms with Gasteiger partial charge in [0.15, 0.2) is 11.6 Å². The van der Waals surface area contributed by atoms with Gasteiger partial charge < -0.3 is 9.73 Å². The average Bonchev–Trinajstić information content (AvgIpc) is 3.12. The van der Waals surface area contributed by atoms with Crippen molar-refractivity contribution in [3.63, 3.8) is 0 Å². The molecule has 0 fully saturated rings. The van der Waals surface area contributed by atoms with E-state index in [0.717, 1.165) is 4.52 Å². The smallest absolute Gasteiger partial charge is 0.243 e. The molecule has 10 heteroatoms. The van der Waals surface area contributed by atoms with E-state index in [-0.39, 0.29) is 46.7 Å². The van der Waals surface area contributed by atoms with Crippen LogP contribution in [0.1, 0.15) is 24.8 Å². The van der Waals surface area contributed by atoms with E-state index >= 15 is 0 Å². The normalized spacial score (nSPS) is 12.7. The van der Waals surface area contributed by atoms with Crippen molar-refractivity contribution in [3.05, 3.63) is 40.2 Å². The summed E-state index contributed by atoms with van der Waals surface area (Å²) in [5, 5.41) is 6.74. The topological polar surface area (TPSA) is 68.2 Å². The van der Waals surface area contributed by atoms with Crippen LogP contribution in [0.25, 0.3) is 5.52 Å². The van der Waals surface area contributed by atoms with Gasteiger partial charge in [0.2, 0.25) is 11.2 Å². The second-order valence-corrected chi connectivity index (χ2v) is 5.87. The van der Waals surface area contributed by atoms with Gasteiger partial charge in [0.25, 0.3) is 0 Å². The third-order valence-electron chi connectivity index (χ3n) is 3.41. The predicted molar refractivity (Wildman–Crippen MR) is 85.7 cm³/mol. The second-order valence-electron chi connectivity index (χ2n) is 5.17. The summed E-state index contributed by atoms with van der Waals surface area (Å²) in [7, 11) is 0. The Hall–Kier alpha value is -1.93. The molecule has 128 valence electrons. The van der Waals surface area contributed by atoms with Crippen LogP contribution in [0.2, 0.25) is 10.4 Å². The molecule has 1 unspecified atom stereocenters. The molecule has 0 aliphatic rings. The Kier molecular flexibility index (Phi) is 4.86. The first-order valence-electron chi connectivity index (χ1n) is 7.15. The average molecular weight is 376 g/mol. The Morgan fingerprint density at radius 1 is 1.42 bits per heavy atom. The van der Waals surface area contributed by atoms with Gasteiger partial charge in [-0.05, 0) is 31.4 Å². The van der Waals surface area contributed by atoms with Crippen molar-refractivity contribution in [2.75, 3.05) is 5.32 Å². The van der Waals surface area contributed by atoms with Crippen molar-refractivity contribution < 1.29 is 13.2 Å². The molecule has 0 aliphatic heterocycles. The molecule has 0 bridgehead atoms. The van der Waals surface area contributed by atoms with Crippen molar-refractivity contribution in [3.8, 4) is 0 Å². The highest BCUT2D eigenvalue weighted by Gasteiger charge is 2.23. The Morgan fingerprint density at radius 2 is 2.21 bits per heavy atom. The predicted octanol–water partition coefficient (Wildman–Crippen LogP) is 4.07. The van der Waals surface area contributed by atoms with E-state index in [2.05, 4.69) is 20.4 Å². The summed E-state index contributed by atoms with van der Waals surface area (Å²) in [6.45, 7) is 1.58. The molecule has 3 aromatic rings. The summed E-state index contributed by atoms with van der Waals surface area (Å²) in [5.41, 5.74) is 0.217. The summed E-state index contributed by atoms with van der Waals surface area (Å²) >= 11 is 12.1. The summed E-state index contributed by atoms with van der Waals surface area (Å²) in [4.78, 5) is 7.95. The van der Waals surface area contributed by atoms with Gasteiger partial charge in [0.05, 0.1) is 18.9 Å². The number of fused-ring (bicyclic) bond motifs is 1. The van der Waals surface area contributed by atoms with Gasteiger partial charge >= 0.3 is 0 Å². The van der Waals surface area contributed by atoms with Crippen molar-refractivity contribution >= 4 is 34.5 Å².